The molecule has 2 aromatic carbocycles. The van der Waals surface area contributed by atoms with Crippen molar-refractivity contribution in [2.75, 3.05) is 12.4 Å². The fourth-order valence-electron chi connectivity index (χ4n) is 2.08. The van der Waals surface area contributed by atoms with Crippen molar-refractivity contribution in [3.05, 3.63) is 50.9 Å². The van der Waals surface area contributed by atoms with Crippen LogP contribution in [-0.4, -0.2) is 17.0 Å². The summed E-state index contributed by atoms with van der Waals surface area (Å²) in [6.45, 7) is 0. The van der Waals surface area contributed by atoms with Gasteiger partial charge in [0.25, 0.3) is 0 Å². The molecular weight excluding hydrogens is 373 g/mol. The van der Waals surface area contributed by atoms with E-state index >= 15 is 0 Å². The van der Waals surface area contributed by atoms with Crippen LogP contribution in [0.1, 0.15) is 0 Å². The molecule has 6 heteroatoms. The first-order valence-corrected chi connectivity index (χ1v) is 7.74. The van der Waals surface area contributed by atoms with Crippen LogP contribution in [0.25, 0.3) is 22.3 Å². The molecule has 3 nitrogen and oxygen atoms in total. The standard InChI is InChI=1S/C15H10BrCl2N3/c1-19-14-11-6-8(16)2-5-13(11)20-15(21-14)10-4-3-9(17)7-12(10)18/h2-7H,1H3,(H,19,20,21). The summed E-state index contributed by atoms with van der Waals surface area (Å²) in [6.07, 6.45) is 0. The smallest absolute Gasteiger partial charge is 0.163 e. The number of benzene rings is 2. The van der Waals surface area contributed by atoms with Gasteiger partial charge in [-0.2, -0.15) is 0 Å². The average Bonchev–Trinajstić information content (AvgIpc) is 2.46. The Morgan fingerprint density at radius 2 is 1.86 bits per heavy atom. The van der Waals surface area contributed by atoms with Gasteiger partial charge in [0.15, 0.2) is 5.82 Å². The second-order valence-electron chi connectivity index (χ2n) is 4.43. The monoisotopic (exact) mass is 381 g/mol. The fourth-order valence-corrected chi connectivity index (χ4v) is 2.94. The maximum atomic E-state index is 6.24. The molecule has 3 rings (SSSR count). The van der Waals surface area contributed by atoms with Crippen molar-refractivity contribution in [3.8, 4) is 11.4 Å². The Hall–Kier alpha value is -1.36. The molecule has 106 valence electrons. The molecule has 0 aliphatic carbocycles. The number of hydrogen-bond donors (Lipinski definition) is 1. The van der Waals surface area contributed by atoms with Gasteiger partial charge in [-0.15, -0.1) is 0 Å². The molecule has 0 saturated carbocycles. The van der Waals surface area contributed by atoms with E-state index in [1.165, 1.54) is 0 Å². The Morgan fingerprint density at radius 3 is 2.57 bits per heavy atom. The maximum absolute atomic E-state index is 6.24. The van der Waals surface area contributed by atoms with Gasteiger partial charge in [-0.05, 0) is 36.4 Å². The number of aromatic nitrogens is 2. The Balaban J connectivity index is 2.26. The van der Waals surface area contributed by atoms with Gasteiger partial charge in [0.1, 0.15) is 5.82 Å². The van der Waals surface area contributed by atoms with Crippen LogP contribution in [0.15, 0.2) is 40.9 Å². The normalized spacial score (nSPS) is 10.9. The summed E-state index contributed by atoms with van der Waals surface area (Å²) >= 11 is 15.6. The highest BCUT2D eigenvalue weighted by Gasteiger charge is 2.12. The Bertz CT molecular complexity index is 837. The van der Waals surface area contributed by atoms with E-state index in [2.05, 4.69) is 31.2 Å². The van der Waals surface area contributed by atoms with E-state index in [1.54, 1.807) is 12.1 Å². The molecule has 1 heterocycles. The molecule has 0 spiro atoms. The van der Waals surface area contributed by atoms with Crippen molar-refractivity contribution in [2.24, 2.45) is 0 Å². The molecule has 0 unspecified atom stereocenters. The lowest BCUT2D eigenvalue weighted by Crippen LogP contribution is -1.99. The summed E-state index contributed by atoms with van der Waals surface area (Å²) in [5.74, 6) is 1.32. The second-order valence-corrected chi connectivity index (χ2v) is 6.19. The highest BCUT2D eigenvalue weighted by atomic mass is 79.9. The van der Waals surface area contributed by atoms with E-state index in [1.807, 2.05) is 31.3 Å². The molecule has 21 heavy (non-hydrogen) atoms. The fraction of sp³-hybridized carbons (Fsp3) is 0.0667. The molecule has 0 radical (unpaired) electrons. The third kappa shape index (κ3) is 2.84. The first-order valence-electron chi connectivity index (χ1n) is 6.19. The maximum Gasteiger partial charge on any atom is 0.163 e. The van der Waals surface area contributed by atoms with Crippen molar-refractivity contribution >= 4 is 55.9 Å². The Morgan fingerprint density at radius 1 is 1.05 bits per heavy atom. The van der Waals surface area contributed by atoms with Crippen LogP contribution in [0.3, 0.4) is 0 Å². The van der Waals surface area contributed by atoms with Crippen molar-refractivity contribution < 1.29 is 0 Å². The molecule has 0 amide bonds. The molecule has 3 aromatic rings. The molecule has 0 fully saturated rings. The minimum atomic E-state index is 0.529. The van der Waals surface area contributed by atoms with E-state index in [0.717, 1.165) is 26.8 Å². The van der Waals surface area contributed by atoms with Gasteiger partial charge < -0.3 is 5.32 Å². The zero-order valence-corrected chi connectivity index (χ0v) is 14.1. The number of rotatable bonds is 2. The molecule has 1 aromatic heterocycles. The highest BCUT2D eigenvalue weighted by molar-refractivity contribution is 9.10. The largest absolute Gasteiger partial charge is 0.373 e. The molecule has 0 aliphatic rings. The predicted octanol–water partition coefficient (Wildman–Crippen LogP) is 5.41. The molecule has 0 aliphatic heterocycles. The average molecular weight is 383 g/mol. The lowest BCUT2D eigenvalue weighted by atomic mass is 10.2. The summed E-state index contributed by atoms with van der Waals surface area (Å²) in [6, 6.07) is 11.2. The molecule has 1 N–H and O–H groups in total. The van der Waals surface area contributed by atoms with E-state index in [-0.39, 0.29) is 0 Å². The number of fused-ring (bicyclic) bond motifs is 1. The van der Waals surface area contributed by atoms with E-state index in [0.29, 0.717) is 15.9 Å². The third-order valence-corrected chi connectivity index (χ3v) is 4.11. The summed E-state index contributed by atoms with van der Waals surface area (Å²) < 4.78 is 0.979. The number of halogens is 3. The topological polar surface area (TPSA) is 37.8 Å². The van der Waals surface area contributed by atoms with Crippen LogP contribution in [0.4, 0.5) is 5.82 Å². The lowest BCUT2D eigenvalue weighted by Gasteiger charge is -2.09. The van der Waals surface area contributed by atoms with Crippen LogP contribution in [0, 0.1) is 0 Å². The minimum absolute atomic E-state index is 0.529. The molecule has 0 saturated heterocycles. The van der Waals surface area contributed by atoms with Crippen LogP contribution in [0.2, 0.25) is 10.0 Å². The van der Waals surface area contributed by atoms with Crippen molar-refractivity contribution in [2.45, 2.75) is 0 Å². The Labute approximate surface area is 140 Å². The molecule has 0 atom stereocenters. The Kier molecular flexibility index (Phi) is 4.02. The van der Waals surface area contributed by atoms with Gasteiger partial charge in [0, 0.05) is 27.5 Å². The number of anilines is 1. The van der Waals surface area contributed by atoms with E-state index in [4.69, 9.17) is 23.2 Å². The van der Waals surface area contributed by atoms with Crippen molar-refractivity contribution in [1.82, 2.24) is 9.97 Å². The van der Waals surface area contributed by atoms with Gasteiger partial charge in [-0.3, -0.25) is 0 Å². The molecular formula is C15H10BrCl2N3. The number of nitrogens with one attached hydrogen (secondary N) is 1. The van der Waals surface area contributed by atoms with Crippen LogP contribution >= 0.6 is 39.1 Å². The SMILES string of the molecule is CNc1nc(-c2ccc(Cl)cc2Cl)nc2ccc(Br)cc12. The van der Waals surface area contributed by atoms with Crippen LogP contribution < -0.4 is 5.32 Å². The summed E-state index contributed by atoms with van der Waals surface area (Å²) in [4.78, 5) is 9.14. The van der Waals surface area contributed by atoms with Gasteiger partial charge in [-0.1, -0.05) is 39.1 Å². The zero-order valence-electron chi connectivity index (χ0n) is 11.0. The first-order chi connectivity index (χ1) is 10.1. The summed E-state index contributed by atoms with van der Waals surface area (Å²) in [5, 5.41) is 5.16. The van der Waals surface area contributed by atoms with Gasteiger partial charge in [0.2, 0.25) is 0 Å². The predicted molar refractivity (Wildman–Crippen MR) is 92.2 cm³/mol. The van der Waals surface area contributed by atoms with Crippen LogP contribution in [-0.2, 0) is 0 Å². The molecule has 0 bridgehead atoms. The van der Waals surface area contributed by atoms with Gasteiger partial charge in [0.05, 0.1) is 10.5 Å². The summed E-state index contributed by atoms with van der Waals surface area (Å²) in [7, 11) is 1.83. The van der Waals surface area contributed by atoms with Gasteiger partial charge >= 0.3 is 0 Å². The quantitative estimate of drug-likeness (QED) is 0.644. The van der Waals surface area contributed by atoms with Gasteiger partial charge in [-0.25, -0.2) is 9.97 Å². The lowest BCUT2D eigenvalue weighted by molar-refractivity contribution is 1.21. The summed E-state index contributed by atoms with van der Waals surface area (Å²) in [5.41, 5.74) is 1.60. The van der Waals surface area contributed by atoms with Crippen LogP contribution in [0.5, 0.6) is 0 Å². The van der Waals surface area contributed by atoms with E-state index in [9.17, 15) is 0 Å². The minimum Gasteiger partial charge on any atom is -0.373 e. The zero-order chi connectivity index (χ0) is 15.0. The second kappa shape index (κ2) is 5.79. The van der Waals surface area contributed by atoms with Crippen molar-refractivity contribution in [1.29, 1.82) is 0 Å². The van der Waals surface area contributed by atoms with Crippen molar-refractivity contribution in [3.63, 3.8) is 0 Å². The number of nitrogens with zero attached hydrogens (tertiary/aromatic N) is 2. The number of hydrogen-bond acceptors (Lipinski definition) is 3. The third-order valence-electron chi connectivity index (χ3n) is 3.07. The first kappa shape index (κ1) is 14.6. The van der Waals surface area contributed by atoms with E-state index < -0.39 is 0 Å². The highest BCUT2D eigenvalue weighted by Crippen LogP contribution is 2.31.